The fourth-order valence-corrected chi connectivity index (χ4v) is 1.45. The maximum Gasteiger partial charge on any atom is 0.303 e. The fraction of sp³-hybridized carbons (Fsp3) is 0.455. The number of terminal acetylenes is 1. The summed E-state index contributed by atoms with van der Waals surface area (Å²) in [6.45, 7) is 0.893. The average molecular weight is 242 g/mol. The summed E-state index contributed by atoms with van der Waals surface area (Å²) in [6.07, 6.45) is 13.4. The van der Waals surface area contributed by atoms with Crippen LogP contribution in [0.2, 0.25) is 0 Å². The van der Waals surface area contributed by atoms with Crippen LogP contribution >= 0.6 is 0 Å². The van der Waals surface area contributed by atoms with E-state index < -0.39 is 0 Å². The highest BCUT2D eigenvalue weighted by molar-refractivity contribution is 5.72. The Morgan fingerprint density at radius 2 is 2.38 bits per heavy atom. The molecule has 1 aromatic rings. The van der Waals surface area contributed by atoms with Crippen molar-refractivity contribution in [2.75, 3.05) is 0 Å². The molecule has 0 aliphatic carbocycles. The summed E-state index contributed by atoms with van der Waals surface area (Å²) >= 11 is 0. The van der Waals surface area contributed by atoms with Crippen LogP contribution in [0.1, 0.15) is 25.1 Å². The molecule has 1 heterocycles. The van der Waals surface area contributed by atoms with E-state index in [1.54, 1.807) is 0 Å². The molecule has 1 N–H and O–H groups in total. The van der Waals surface area contributed by atoms with E-state index in [-0.39, 0.29) is 12.4 Å². The van der Waals surface area contributed by atoms with Crippen LogP contribution in [-0.2, 0) is 13.6 Å². The van der Waals surface area contributed by atoms with Gasteiger partial charge in [0.2, 0.25) is 0 Å². The van der Waals surface area contributed by atoms with E-state index in [9.17, 15) is 0 Å². The quantitative estimate of drug-likeness (QED) is 0.158. The van der Waals surface area contributed by atoms with Crippen molar-refractivity contribution in [3.8, 4) is 12.3 Å². The number of oxime groups is 1. The minimum absolute atomic E-state index is 0. The number of hydrogen-bond acceptors (Lipinski definition) is 2. The molecule has 0 atom stereocenters. The van der Waals surface area contributed by atoms with Gasteiger partial charge in [-0.3, -0.25) is 0 Å². The average Bonchev–Trinajstić information content (AvgIpc) is 2.57. The third-order valence-electron chi connectivity index (χ3n) is 2.27. The van der Waals surface area contributed by atoms with Crippen LogP contribution < -0.4 is 17.0 Å². The summed E-state index contributed by atoms with van der Waals surface area (Å²) in [5, 5.41) is 11.6. The number of imidazole rings is 1. The van der Waals surface area contributed by atoms with Crippen LogP contribution in [0.4, 0.5) is 0 Å². The van der Waals surface area contributed by atoms with Crippen LogP contribution in [0.15, 0.2) is 17.5 Å². The predicted octanol–water partition coefficient (Wildman–Crippen LogP) is -2.07. The van der Waals surface area contributed by atoms with Crippen molar-refractivity contribution < 1.29 is 22.2 Å². The molecule has 5 heteroatoms. The highest BCUT2D eigenvalue weighted by Gasteiger charge is 2.11. The summed E-state index contributed by atoms with van der Waals surface area (Å²) < 4.78 is 3.94. The predicted molar refractivity (Wildman–Crippen MR) is 57.7 cm³/mol. The molecule has 0 aliphatic rings. The molecule has 1 rings (SSSR count). The second kappa shape index (κ2) is 7.77. The van der Waals surface area contributed by atoms with Gasteiger partial charge in [0, 0.05) is 6.42 Å². The van der Waals surface area contributed by atoms with E-state index in [1.165, 1.54) is 6.21 Å². The first-order valence-electron chi connectivity index (χ1n) is 4.95. The SMILES string of the molecule is C#CCCCCn1cc[n+](C)c1/C=N\O.[Cl-]. The monoisotopic (exact) mass is 241 g/mol. The van der Waals surface area contributed by atoms with Crippen molar-refractivity contribution in [2.24, 2.45) is 12.2 Å². The lowest BCUT2D eigenvalue weighted by Crippen LogP contribution is -3.00. The lowest BCUT2D eigenvalue weighted by molar-refractivity contribution is -0.671. The van der Waals surface area contributed by atoms with Gasteiger partial charge in [-0.1, -0.05) is 5.16 Å². The molecule has 0 radical (unpaired) electrons. The van der Waals surface area contributed by atoms with Crippen LogP contribution in [0.5, 0.6) is 0 Å². The molecule has 0 fully saturated rings. The number of aryl methyl sites for hydroxylation is 2. The van der Waals surface area contributed by atoms with Crippen molar-refractivity contribution in [3.63, 3.8) is 0 Å². The molecule has 1 aromatic heterocycles. The zero-order chi connectivity index (χ0) is 11.1. The molecule has 0 spiro atoms. The maximum absolute atomic E-state index is 8.51. The number of hydrogen-bond donors (Lipinski definition) is 1. The molecule has 0 aliphatic heterocycles. The van der Waals surface area contributed by atoms with Crippen LogP contribution in [0, 0.1) is 12.3 Å². The van der Waals surface area contributed by atoms with Gasteiger partial charge in [0.25, 0.3) is 0 Å². The zero-order valence-corrected chi connectivity index (χ0v) is 10.1. The van der Waals surface area contributed by atoms with Gasteiger partial charge < -0.3 is 17.6 Å². The Kier molecular flexibility index (Phi) is 7.06. The number of rotatable bonds is 5. The first-order valence-corrected chi connectivity index (χ1v) is 4.95. The number of unbranched alkanes of at least 4 members (excludes halogenated alkanes) is 2. The number of aromatic nitrogens is 2. The van der Waals surface area contributed by atoms with E-state index in [2.05, 4.69) is 11.1 Å². The van der Waals surface area contributed by atoms with Gasteiger partial charge in [-0.2, -0.15) is 0 Å². The largest absolute Gasteiger partial charge is 1.00 e. The second-order valence-electron chi connectivity index (χ2n) is 3.37. The number of halogens is 1. The molecule has 0 unspecified atom stereocenters. The summed E-state index contributed by atoms with van der Waals surface area (Å²) in [6, 6.07) is 0. The normalized spacial score (nSPS) is 10.0. The molecule has 16 heavy (non-hydrogen) atoms. The van der Waals surface area contributed by atoms with Crippen molar-refractivity contribution in [1.82, 2.24) is 4.57 Å². The van der Waals surface area contributed by atoms with Gasteiger partial charge >= 0.3 is 5.82 Å². The fourth-order valence-electron chi connectivity index (χ4n) is 1.45. The van der Waals surface area contributed by atoms with Gasteiger partial charge in [-0.25, -0.2) is 9.13 Å². The Labute approximate surface area is 102 Å². The summed E-state index contributed by atoms with van der Waals surface area (Å²) in [5.74, 6) is 3.49. The summed E-state index contributed by atoms with van der Waals surface area (Å²) in [7, 11) is 1.91. The molecule has 0 saturated carbocycles. The third kappa shape index (κ3) is 3.95. The van der Waals surface area contributed by atoms with Crippen molar-refractivity contribution in [2.45, 2.75) is 25.8 Å². The van der Waals surface area contributed by atoms with Crippen molar-refractivity contribution >= 4 is 6.21 Å². The molecular weight excluding hydrogens is 226 g/mol. The van der Waals surface area contributed by atoms with Crippen molar-refractivity contribution in [3.05, 3.63) is 18.2 Å². The summed E-state index contributed by atoms with van der Waals surface area (Å²) in [4.78, 5) is 0. The van der Waals surface area contributed by atoms with Gasteiger partial charge in [0.1, 0.15) is 12.4 Å². The van der Waals surface area contributed by atoms with Gasteiger partial charge in [0.05, 0.1) is 13.6 Å². The maximum atomic E-state index is 8.51. The number of nitrogens with zero attached hydrogens (tertiary/aromatic N) is 3. The summed E-state index contributed by atoms with van der Waals surface area (Å²) in [5.41, 5.74) is 0. The second-order valence-corrected chi connectivity index (χ2v) is 3.37. The first-order chi connectivity index (χ1) is 7.29. The van der Waals surface area contributed by atoms with Gasteiger partial charge in [0.15, 0.2) is 6.21 Å². The van der Waals surface area contributed by atoms with Crippen LogP contribution in [0.3, 0.4) is 0 Å². The van der Waals surface area contributed by atoms with Crippen LogP contribution in [-0.4, -0.2) is 16.0 Å². The van der Waals surface area contributed by atoms with Crippen molar-refractivity contribution in [1.29, 1.82) is 0 Å². The Morgan fingerprint density at radius 3 is 3.00 bits per heavy atom. The topological polar surface area (TPSA) is 41.4 Å². The smallest absolute Gasteiger partial charge is 0.303 e. The van der Waals surface area contributed by atoms with Gasteiger partial charge in [-0.05, 0) is 12.8 Å². The minimum Gasteiger partial charge on any atom is -1.00 e. The van der Waals surface area contributed by atoms with Crippen LogP contribution in [0.25, 0.3) is 0 Å². The Morgan fingerprint density at radius 1 is 1.62 bits per heavy atom. The van der Waals surface area contributed by atoms with Gasteiger partial charge in [-0.15, -0.1) is 12.3 Å². The highest BCUT2D eigenvalue weighted by Crippen LogP contribution is 2.00. The molecular formula is C11H16ClN3O. The Bertz CT molecular complexity index is 379. The van der Waals surface area contributed by atoms with E-state index in [1.807, 2.05) is 28.6 Å². The van der Waals surface area contributed by atoms with E-state index in [4.69, 9.17) is 11.6 Å². The molecule has 0 saturated heterocycles. The van der Waals surface area contributed by atoms with E-state index in [0.29, 0.717) is 0 Å². The van der Waals surface area contributed by atoms with E-state index in [0.717, 1.165) is 31.6 Å². The highest BCUT2D eigenvalue weighted by atomic mass is 35.5. The molecule has 0 bridgehead atoms. The first kappa shape index (κ1) is 14.5. The Hall–Kier alpha value is -1.47. The van der Waals surface area contributed by atoms with E-state index >= 15 is 0 Å². The minimum atomic E-state index is 0. The molecule has 0 amide bonds. The molecule has 0 aromatic carbocycles. The standard InChI is InChI=1S/C11H15N3O.ClH/c1-3-4-5-6-7-14-9-8-13(2)11(14)10-12-15;/h1,8-10H,4-7H2,2H3;1H. The zero-order valence-electron chi connectivity index (χ0n) is 9.30. The lowest BCUT2D eigenvalue weighted by Gasteiger charge is -1.97. The Balaban J connectivity index is 0.00000225. The third-order valence-corrected chi connectivity index (χ3v) is 2.27. The molecule has 88 valence electrons. The lowest BCUT2D eigenvalue weighted by atomic mass is 10.2. The molecule has 4 nitrogen and oxygen atoms in total.